The Morgan fingerprint density at radius 1 is 0.678 bits per heavy atom. The van der Waals surface area contributed by atoms with Crippen molar-refractivity contribution in [3.63, 3.8) is 0 Å². The first kappa shape index (κ1) is 48.7. The molecule has 1 aromatic carbocycles. The van der Waals surface area contributed by atoms with Crippen LogP contribution in [0.5, 0.6) is 0 Å². The van der Waals surface area contributed by atoms with Crippen LogP contribution in [0.1, 0.15) is 63.9 Å². The zero-order chi connectivity index (χ0) is 44.1. The van der Waals surface area contributed by atoms with Gasteiger partial charge in [0.25, 0.3) is 0 Å². The molecule has 0 aliphatic rings. The van der Waals surface area contributed by atoms with Gasteiger partial charge in [-0.3, -0.25) is 38.8 Å². The Kier molecular flexibility index (Phi) is 20.6. The molecular weight excluding hydrogens is 772 g/mol. The van der Waals surface area contributed by atoms with E-state index in [1.807, 2.05) is 6.07 Å². The van der Waals surface area contributed by atoms with E-state index in [-0.39, 0.29) is 63.7 Å². The maximum absolute atomic E-state index is 14.1. The van der Waals surface area contributed by atoms with Crippen LogP contribution in [-0.2, 0) is 40.0 Å². The van der Waals surface area contributed by atoms with Crippen LogP contribution in [0.15, 0.2) is 40.4 Å². The predicted octanol–water partition coefficient (Wildman–Crippen LogP) is -3.72. The number of aliphatic imine (C=N–C) groups is 2. The summed E-state index contributed by atoms with van der Waals surface area (Å²) < 4.78 is 0. The third kappa shape index (κ3) is 17.7. The molecule has 1 heterocycles. The van der Waals surface area contributed by atoms with E-state index in [9.17, 15) is 38.7 Å². The summed E-state index contributed by atoms with van der Waals surface area (Å²) in [4.78, 5) is 101. The number of carbonyl (C=O) groups excluding carboxylic acids is 5. The van der Waals surface area contributed by atoms with Crippen molar-refractivity contribution in [1.29, 1.82) is 0 Å². The number of aliphatic carboxylic acids is 2. The summed E-state index contributed by atoms with van der Waals surface area (Å²) in [5, 5.41) is 31.7. The highest BCUT2D eigenvalue weighted by Gasteiger charge is 2.32. The van der Waals surface area contributed by atoms with Gasteiger partial charge in [-0.05, 0) is 70.0 Å². The number of carbonyl (C=O) groups is 7. The van der Waals surface area contributed by atoms with E-state index in [1.54, 1.807) is 24.4 Å². The lowest BCUT2D eigenvalue weighted by Crippen LogP contribution is -2.59. The summed E-state index contributed by atoms with van der Waals surface area (Å²) in [7, 11) is 0. The van der Waals surface area contributed by atoms with Gasteiger partial charge in [-0.2, -0.15) is 0 Å². The fourth-order valence-electron chi connectivity index (χ4n) is 5.79. The highest BCUT2D eigenvalue weighted by molar-refractivity contribution is 5.97. The van der Waals surface area contributed by atoms with Gasteiger partial charge in [-0.25, -0.2) is 4.79 Å². The minimum absolute atomic E-state index is 0.0486. The van der Waals surface area contributed by atoms with Crippen LogP contribution in [0.3, 0.4) is 0 Å². The summed E-state index contributed by atoms with van der Waals surface area (Å²) in [6.45, 7) is 1.90. The maximum Gasteiger partial charge on any atom is 0.326 e. The van der Waals surface area contributed by atoms with Gasteiger partial charge < -0.3 is 76.2 Å². The number of nitrogens with one attached hydrogen (secondary N) is 6. The van der Waals surface area contributed by atoms with Gasteiger partial charge in [0.15, 0.2) is 11.9 Å². The van der Waals surface area contributed by atoms with E-state index < -0.39 is 84.1 Å². The molecule has 0 radical (unpaired) electrons. The number of aromatic nitrogens is 1. The Labute approximate surface area is 340 Å². The summed E-state index contributed by atoms with van der Waals surface area (Å²) in [6.07, 6.45) is 2.46. The van der Waals surface area contributed by atoms with Gasteiger partial charge in [-0.15, -0.1) is 0 Å². The highest BCUT2D eigenvalue weighted by Crippen LogP contribution is 2.19. The van der Waals surface area contributed by atoms with E-state index >= 15 is 0 Å². The number of carboxylic acid groups (broad SMARTS) is 2. The quantitative estimate of drug-likeness (QED) is 0.0234. The van der Waals surface area contributed by atoms with Crippen LogP contribution in [0, 0.1) is 0 Å². The fraction of sp³-hybridized carbons (Fsp3) is 0.528. The number of unbranched alkanes of at least 4 members (excludes halogenated alkanes) is 1. The Morgan fingerprint density at radius 2 is 1.20 bits per heavy atom. The topological polar surface area (TPSA) is 417 Å². The minimum atomic E-state index is -1.77. The Balaban J connectivity index is 2.37. The van der Waals surface area contributed by atoms with E-state index in [1.165, 1.54) is 6.92 Å². The first-order valence-electron chi connectivity index (χ1n) is 19.0. The third-order valence-electron chi connectivity index (χ3n) is 8.94. The zero-order valence-electron chi connectivity index (χ0n) is 32.9. The van der Waals surface area contributed by atoms with E-state index in [0.29, 0.717) is 24.8 Å². The Hall–Kier alpha value is -6.49. The smallest absolute Gasteiger partial charge is 0.326 e. The average Bonchev–Trinajstić information content (AvgIpc) is 3.58. The highest BCUT2D eigenvalue weighted by atomic mass is 16.4. The molecule has 326 valence electrons. The Bertz CT molecular complexity index is 1810. The van der Waals surface area contributed by atoms with Crippen LogP contribution in [0.25, 0.3) is 10.9 Å². The SMILES string of the molecule is C[C@H](NC(=O)[C@H](Cc1c[nH]c2ccccc12)NC(=O)[C@H](CCCCN)NC(=O)[C@H](CCCN=C(N)N)NC(=O)[C@@H](N)CCCN=C(N)N)C(=O)N[C@@H](CC(=O)O)C(=O)O. The summed E-state index contributed by atoms with van der Waals surface area (Å²) in [5.41, 5.74) is 34.7. The number of carboxylic acids is 2. The third-order valence-corrected chi connectivity index (χ3v) is 8.94. The summed E-state index contributed by atoms with van der Waals surface area (Å²) >= 11 is 0. The molecule has 5 amide bonds. The molecule has 2 rings (SSSR count). The average molecular weight is 831 g/mol. The molecule has 6 atom stereocenters. The molecule has 20 N–H and O–H groups in total. The molecule has 0 saturated carbocycles. The van der Waals surface area contributed by atoms with Crippen LogP contribution >= 0.6 is 0 Å². The van der Waals surface area contributed by atoms with Crippen LogP contribution in [0.2, 0.25) is 0 Å². The van der Waals surface area contributed by atoms with Gasteiger partial charge in [-0.1, -0.05) is 18.2 Å². The number of para-hydroxylation sites is 1. The molecule has 0 spiro atoms. The van der Waals surface area contributed by atoms with E-state index in [4.69, 9.17) is 39.5 Å². The Morgan fingerprint density at radius 3 is 1.78 bits per heavy atom. The molecule has 0 unspecified atom stereocenters. The van der Waals surface area contributed by atoms with Crippen molar-refractivity contribution in [3.05, 3.63) is 36.0 Å². The van der Waals surface area contributed by atoms with Gasteiger partial charge in [0.2, 0.25) is 29.5 Å². The molecule has 1 aromatic heterocycles. The van der Waals surface area contributed by atoms with E-state index in [2.05, 4.69) is 41.6 Å². The van der Waals surface area contributed by atoms with Crippen LogP contribution in [-0.4, -0.2) is 124 Å². The lowest BCUT2D eigenvalue weighted by molar-refractivity contribution is -0.147. The number of benzene rings is 1. The number of amides is 5. The predicted molar refractivity (Wildman–Crippen MR) is 218 cm³/mol. The molecule has 0 aliphatic carbocycles. The lowest BCUT2D eigenvalue weighted by Gasteiger charge is -2.26. The number of aromatic amines is 1. The monoisotopic (exact) mass is 830 g/mol. The van der Waals surface area contributed by atoms with Crippen molar-refractivity contribution in [2.24, 2.45) is 44.4 Å². The number of H-pyrrole nitrogens is 1. The second kappa shape index (κ2) is 25.0. The zero-order valence-corrected chi connectivity index (χ0v) is 32.9. The molecule has 2 aromatic rings. The van der Waals surface area contributed by atoms with Gasteiger partial charge in [0.05, 0.1) is 12.5 Å². The standard InChI is InChI=1S/C36H58N14O9/c1-19(29(53)50-27(34(58)59)17-28(51)52)46-33(57)26(16-20-18-45-23-10-3-2-8-21(20)23)49-32(56)24(11-4-5-13-37)48-31(55)25(12-7-15-44-36(41)42)47-30(54)22(38)9-6-14-43-35(39)40/h2-3,8,10,18-19,22,24-27,45H,4-7,9,11-17,37-38H2,1H3,(H,46,57)(H,47,54)(H,48,55)(H,49,56)(H,50,53)(H,51,52)(H,58,59)(H4,39,40,43)(H4,41,42,44)/t19-,22-,24-,25-,26-,27-/m0/s1. The fourth-order valence-corrected chi connectivity index (χ4v) is 5.79. The van der Waals surface area contributed by atoms with Crippen molar-refractivity contribution in [1.82, 2.24) is 31.6 Å². The van der Waals surface area contributed by atoms with Crippen molar-refractivity contribution >= 4 is 64.3 Å². The number of nitrogens with zero attached hydrogens (tertiary/aromatic N) is 2. The minimum Gasteiger partial charge on any atom is -0.481 e. The van der Waals surface area contributed by atoms with Crippen molar-refractivity contribution in [3.8, 4) is 0 Å². The van der Waals surface area contributed by atoms with Crippen LogP contribution in [0.4, 0.5) is 0 Å². The molecule has 59 heavy (non-hydrogen) atoms. The number of fused-ring (bicyclic) bond motifs is 1. The lowest BCUT2D eigenvalue weighted by atomic mass is 10.0. The molecule has 23 nitrogen and oxygen atoms in total. The van der Waals surface area contributed by atoms with Gasteiger partial charge in [0, 0.05) is 36.6 Å². The van der Waals surface area contributed by atoms with Crippen molar-refractivity contribution < 1.29 is 43.8 Å². The second-order valence-corrected chi connectivity index (χ2v) is 13.8. The summed E-state index contributed by atoms with van der Waals surface area (Å²) in [6, 6.07) is -0.764. The number of guanidine groups is 2. The molecule has 0 aliphatic heterocycles. The summed E-state index contributed by atoms with van der Waals surface area (Å²) in [5.74, 6) is -7.33. The number of nitrogens with two attached hydrogens (primary N) is 6. The first-order chi connectivity index (χ1) is 27.9. The normalized spacial score (nSPS) is 13.9. The maximum atomic E-state index is 14.1. The number of rotatable bonds is 27. The molecule has 0 fully saturated rings. The second-order valence-electron chi connectivity index (χ2n) is 13.8. The first-order valence-corrected chi connectivity index (χ1v) is 19.0. The number of hydrogen-bond acceptors (Lipinski definition) is 11. The molecule has 0 saturated heterocycles. The van der Waals surface area contributed by atoms with Crippen molar-refractivity contribution in [2.75, 3.05) is 19.6 Å². The molecular formula is C36H58N14O9. The largest absolute Gasteiger partial charge is 0.481 e. The number of hydrogen-bond donors (Lipinski definition) is 14. The van der Waals surface area contributed by atoms with Gasteiger partial charge >= 0.3 is 11.9 Å². The van der Waals surface area contributed by atoms with Crippen molar-refractivity contribution in [2.45, 2.75) is 101 Å². The molecule has 23 heteroatoms. The van der Waals surface area contributed by atoms with Crippen LogP contribution < -0.4 is 61.0 Å². The molecule has 0 bridgehead atoms. The van der Waals surface area contributed by atoms with E-state index in [0.717, 1.165) is 10.9 Å². The van der Waals surface area contributed by atoms with Gasteiger partial charge in [0.1, 0.15) is 30.2 Å².